The number of esters is 1. The zero-order valence-corrected chi connectivity index (χ0v) is 13.9. The molecule has 0 saturated heterocycles. The predicted octanol–water partition coefficient (Wildman–Crippen LogP) is 1.94. The van der Waals surface area contributed by atoms with Crippen LogP contribution in [0.4, 0.5) is 15.8 Å². The van der Waals surface area contributed by atoms with E-state index in [0.717, 1.165) is 17.8 Å². The molecule has 2 rings (SSSR count). The summed E-state index contributed by atoms with van der Waals surface area (Å²) < 4.78 is 19.8. The summed E-state index contributed by atoms with van der Waals surface area (Å²) in [6.45, 7) is 5.01. The highest BCUT2D eigenvalue weighted by Gasteiger charge is 2.22. The molecule has 1 amide bonds. The first kappa shape index (κ1) is 17.5. The second-order valence-corrected chi connectivity index (χ2v) is 5.44. The van der Waals surface area contributed by atoms with E-state index in [1.807, 2.05) is 6.92 Å². The van der Waals surface area contributed by atoms with Gasteiger partial charge in [0.25, 0.3) is 5.91 Å². The Morgan fingerprint density at radius 2 is 2.04 bits per heavy atom. The molecule has 0 bridgehead atoms. The molecule has 8 heteroatoms. The Hall–Kier alpha value is -2.90. The lowest BCUT2D eigenvalue weighted by Gasteiger charge is -2.14. The number of carbonyl (C=O) groups excluding carboxylic acids is 2. The monoisotopic (exact) mass is 334 g/mol. The minimum absolute atomic E-state index is 0.00443. The first-order chi connectivity index (χ1) is 11.2. The average Bonchev–Trinajstić information content (AvgIpc) is 2.73. The maximum absolute atomic E-state index is 13.0. The van der Waals surface area contributed by atoms with Crippen LogP contribution < -0.4 is 11.1 Å². The van der Waals surface area contributed by atoms with Gasteiger partial charge in [-0.3, -0.25) is 9.48 Å². The van der Waals surface area contributed by atoms with E-state index in [2.05, 4.69) is 10.4 Å². The van der Waals surface area contributed by atoms with Crippen molar-refractivity contribution in [3.05, 3.63) is 41.0 Å². The van der Waals surface area contributed by atoms with Crippen LogP contribution in [0.25, 0.3) is 0 Å². The highest BCUT2D eigenvalue weighted by atomic mass is 19.1. The lowest BCUT2D eigenvalue weighted by Crippen LogP contribution is -2.30. The minimum atomic E-state index is -1.05. The number of hydrogen-bond acceptors (Lipinski definition) is 5. The molecule has 2 aromatic rings. The summed E-state index contributed by atoms with van der Waals surface area (Å²) in [6, 6.07) is 3.33. The van der Waals surface area contributed by atoms with Crippen LogP contribution in [0.15, 0.2) is 18.2 Å². The molecule has 1 aromatic carbocycles. The maximum atomic E-state index is 13.0. The van der Waals surface area contributed by atoms with E-state index in [4.69, 9.17) is 10.5 Å². The highest BCUT2D eigenvalue weighted by Crippen LogP contribution is 2.19. The fourth-order valence-electron chi connectivity index (χ4n) is 2.18. The van der Waals surface area contributed by atoms with Gasteiger partial charge >= 0.3 is 5.97 Å². The lowest BCUT2D eigenvalue weighted by molar-refractivity contribution is -0.123. The molecule has 0 unspecified atom stereocenters. The van der Waals surface area contributed by atoms with Crippen molar-refractivity contribution >= 4 is 23.3 Å². The number of aryl methyl sites for hydroxylation is 2. The van der Waals surface area contributed by atoms with Crippen molar-refractivity contribution in [2.45, 2.75) is 26.9 Å². The summed E-state index contributed by atoms with van der Waals surface area (Å²) in [4.78, 5) is 24.3. The SMILES string of the molecule is Cc1nn(C)c(C)c1NC(=O)[C@@H](C)OC(=O)c1ccc(F)cc1N. The topological polar surface area (TPSA) is 99.2 Å². The number of nitrogens with zero attached hydrogens (tertiary/aromatic N) is 2. The average molecular weight is 334 g/mol. The van der Waals surface area contributed by atoms with Crippen molar-refractivity contribution in [1.29, 1.82) is 0 Å². The summed E-state index contributed by atoms with van der Waals surface area (Å²) in [5.74, 6) is -1.85. The number of nitrogen functional groups attached to an aromatic ring is 1. The Balaban J connectivity index is 2.07. The summed E-state index contributed by atoms with van der Waals surface area (Å²) >= 11 is 0. The van der Waals surface area contributed by atoms with E-state index in [-0.39, 0.29) is 11.3 Å². The fourth-order valence-corrected chi connectivity index (χ4v) is 2.18. The van der Waals surface area contributed by atoms with Gasteiger partial charge in [-0.1, -0.05) is 0 Å². The molecule has 1 atom stereocenters. The maximum Gasteiger partial charge on any atom is 0.341 e. The van der Waals surface area contributed by atoms with E-state index >= 15 is 0 Å². The quantitative estimate of drug-likeness (QED) is 0.657. The van der Waals surface area contributed by atoms with Crippen LogP contribution in [-0.4, -0.2) is 27.8 Å². The third kappa shape index (κ3) is 3.53. The molecule has 3 N–H and O–H groups in total. The van der Waals surface area contributed by atoms with Crippen LogP contribution in [0.5, 0.6) is 0 Å². The molecule has 0 fully saturated rings. The number of nitrogens with one attached hydrogen (secondary N) is 1. The van der Waals surface area contributed by atoms with E-state index < -0.39 is 23.8 Å². The molecule has 1 heterocycles. The molecule has 1 aromatic heterocycles. The number of nitrogens with two attached hydrogens (primary N) is 1. The van der Waals surface area contributed by atoms with Crippen LogP contribution in [0.2, 0.25) is 0 Å². The van der Waals surface area contributed by atoms with E-state index in [9.17, 15) is 14.0 Å². The number of benzene rings is 1. The van der Waals surface area contributed by atoms with Crippen molar-refractivity contribution in [3.8, 4) is 0 Å². The molecule has 0 aliphatic heterocycles. The van der Waals surface area contributed by atoms with Gasteiger partial charge in [-0.25, -0.2) is 9.18 Å². The number of halogens is 1. The van der Waals surface area contributed by atoms with E-state index in [1.54, 1.807) is 18.7 Å². The van der Waals surface area contributed by atoms with Gasteiger partial charge in [0.2, 0.25) is 0 Å². The third-order valence-corrected chi connectivity index (χ3v) is 3.64. The second kappa shape index (κ2) is 6.69. The number of aromatic nitrogens is 2. The third-order valence-electron chi connectivity index (χ3n) is 3.64. The Kier molecular flexibility index (Phi) is 4.87. The van der Waals surface area contributed by atoms with Crippen molar-refractivity contribution in [2.24, 2.45) is 7.05 Å². The molecule has 0 spiro atoms. The second-order valence-electron chi connectivity index (χ2n) is 5.44. The largest absolute Gasteiger partial charge is 0.449 e. The standard InChI is InChI=1S/C16H19FN4O3/c1-8-14(9(2)21(4)20-8)19-15(22)10(3)24-16(23)12-6-5-11(17)7-13(12)18/h5-7,10H,18H2,1-4H3,(H,19,22)/t10-/m1/s1. The Morgan fingerprint density at radius 1 is 1.38 bits per heavy atom. The van der Waals surface area contributed by atoms with Crippen LogP contribution in [0, 0.1) is 19.7 Å². The molecule has 7 nitrogen and oxygen atoms in total. The van der Waals surface area contributed by atoms with Crippen molar-refractivity contribution in [3.63, 3.8) is 0 Å². The summed E-state index contributed by atoms with van der Waals surface area (Å²) in [5.41, 5.74) is 7.56. The summed E-state index contributed by atoms with van der Waals surface area (Å²) in [7, 11) is 1.76. The van der Waals surface area contributed by atoms with Gasteiger partial charge < -0.3 is 15.8 Å². The Morgan fingerprint density at radius 3 is 2.58 bits per heavy atom. The van der Waals surface area contributed by atoms with Crippen LogP contribution >= 0.6 is 0 Å². The van der Waals surface area contributed by atoms with Crippen LogP contribution in [-0.2, 0) is 16.6 Å². The fraction of sp³-hybridized carbons (Fsp3) is 0.312. The number of amides is 1. The molecular formula is C16H19FN4O3. The molecule has 0 aliphatic rings. The smallest absolute Gasteiger partial charge is 0.341 e. The Labute approximate surface area is 138 Å². The van der Waals surface area contributed by atoms with Crippen LogP contribution in [0.3, 0.4) is 0 Å². The van der Waals surface area contributed by atoms with Crippen molar-refractivity contribution in [2.75, 3.05) is 11.1 Å². The van der Waals surface area contributed by atoms with E-state index in [0.29, 0.717) is 11.4 Å². The van der Waals surface area contributed by atoms with Crippen molar-refractivity contribution in [1.82, 2.24) is 9.78 Å². The summed E-state index contributed by atoms with van der Waals surface area (Å²) in [6.07, 6.45) is -1.05. The number of ether oxygens (including phenoxy) is 1. The van der Waals surface area contributed by atoms with Gasteiger partial charge in [0.05, 0.1) is 22.6 Å². The van der Waals surface area contributed by atoms with Gasteiger partial charge in [0.15, 0.2) is 6.10 Å². The molecule has 0 radical (unpaired) electrons. The zero-order valence-electron chi connectivity index (χ0n) is 13.9. The van der Waals surface area contributed by atoms with Gasteiger partial charge in [-0.2, -0.15) is 5.10 Å². The van der Waals surface area contributed by atoms with Gasteiger partial charge in [-0.05, 0) is 39.0 Å². The molecule has 24 heavy (non-hydrogen) atoms. The Bertz CT molecular complexity index is 801. The number of carbonyl (C=O) groups is 2. The predicted molar refractivity (Wildman–Crippen MR) is 87.0 cm³/mol. The number of hydrogen-bond donors (Lipinski definition) is 2. The highest BCUT2D eigenvalue weighted by molar-refractivity contribution is 5.99. The molecular weight excluding hydrogens is 315 g/mol. The molecule has 0 aliphatic carbocycles. The lowest BCUT2D eigenvalue weighted by atomic mass is 10.2. The number of rotatable bonds is 4. The van der Waals surface area contributed by atoms with Gasteiger partial charge in [0, 0.05) is 12.7 Å². The van der Waals surface area contributed by atoms with Gasteiger partial charge in [0.1, 0.15) is 5.82 Å². The van der Waals surface area contributed by atoms with E-state index in [1.165, 1.54) is 13.0 Å². The minimum Gasteiger partial charge on any atom is -0.449 e. The first-order valence-corrected chi connectivity index (χ1v) is 7.27. The first-order valence-electron chi connectivity index (χ1n) is 7.27. The van der Waals surface area contributed by atoms with Crippen molar-refractivity contribution < 1.29 is 18.7 Å². The van der Waals surface area contributed by atoms with Crippen LogP contribution in [0.1, 0.15) is 28.7 Å². The normalized spacial score (nSPS) is 11.9. The van der Waals surface area contributed by atoms with Gasteiger partial charge in [-0.15, -0.1) is 0 Å². The number of anilines is 2. The zero-order chi connectivity index (χ0) is 18.0. The molecule has 0 saturated carbocycles. The molecule has 128 valence electrons. The summed E-state index contributed by atoms with van der Waals surface area (Å²) in [5, 5.41) is 6.88.